The zero-order chi connectivity index (χ0) is 59.7. The minimum absolute atomic E-state index is 0.0362. The molecule has 1 saturated heterocycles. The van der Waals surface area contributed by atoms with Gasteiger partial charge in [0.25, 0.3) is 0 Å². The summed E-state index contributed by atoms with van der Waals surface area (Å²) in [6, 6.07) is -6.95. The average molecular weight is 1140 g/mol. The van der Waals surface area contributed by atoms with Crippen molar-refractivity contribution in [1.82, 2.24) is 47.4 Å². The molecule has 0 unspecified atom stereocenters. The van der Waals surface area contributed by atoms with E-state index in [1.807, 2.05) is 13.8 Å². The Morgan fingerprint density at radius 3 is 1.54 bits per heavy atom. The highest BCUT2D eigenvalue weighted by atomic mass is 32.1. The molecule has 0 bridgehead atoms. The number of amides is 9. The van der Waals surface area contributed by atoms with Crippen molar-refractivity contribution in [2.75, 3.05) is 32.1 Å². The second kappa shape index (κ2) is 34.8. The molecule has 0 saturated carbocycles. The number of unbranched alkanes of at least 4 members (excludes halogenated alkanes) is 1. The number of aliphatic carboxylic acids is 1. The number of nitrogens with two attached hydrogens (primary N) is 2. The number of nitrogens with zero attached hydrogens (tertiary/aromatic N) is 1. The van der Waals surface area contributed by atoms with Crippen LogP contribution in [0.1, 0.15) is 119 Å². The summed E-state index contributed by atoms with van der Waals surface area (Å²) < 4.78 is 0. The number of aliphatic hydroxyl groups excluding tert-OH is 2. The highest BCUT2D eigenvalue weighted by molar-refractivity contribution is 7.80. The van der Waals surface area contributed by atoms with Gasteiger partial charge in [0.15, 0.2) is 0 Å². The van der Waals surface area contributed by atoms with Crippen LogP contribution in [0.3, 0.4) is 0 Å². The molecule has 446 valence electrons. The number of aliphatic hydroxyl groups is 2. The standard InChI is InChI=1S/C53H89N11O14S/c1-9-29(6)41(50(74)56-35(15-12-13-21-54)52(76)64-22-14-16-40(64)49(73)63-43(53(77)78)31(8)11-3)62-48(72)39(27-79)60-47(71)37(25-65)58-46(70)38(26-66)59-51(75)42(30(7)10-2)61-45(69)36(23-28(4)5)57-44(68)34(55)24-32-17-19-33(67)20-18-32/h17-20,28-31,34-43,65-67,79H,9-16,21-27,54-55H2,1-8H3,(H,56,74)(H,57,68)(H,58,70)(H,59,75)(H,60,71)(H,61,69)(H,62,72)(H,63,73)(H,77,78)/t29-,30-,31-,34-,35-,36-,37-,38-,39-,40-,41-,42-,43-/m0/s1. The van der Waals surface area contributed by atoms with Gasteiger partial charge in [-0.05, 0) is 92.9 Å². The molecule has 1 aromatic rings. The Morgan fingerprint density at radius 2 is 1.08 bits per heavy atom. The lowest BCUT2D eigenvalue weighted by Crippen LogP contribution is -2.62. The summed E-state index contributed by atoms with van der Waals surface area (Å²) in [5.41, 5.74) is 12.6. The zero-order valence-corrected chi connectivity index (χ0v) is 47.8. The number of thiol groups is 1. The Morgan fingerprint density at radius 1 is 0.620 bits per heavy atom. The van der Waals surface area contributed by atoms with Crippen LogP contribution < -0.4 is 54.0 Å². The van der Waals surface area contributed by atoms with E-state index in [0.717, 1.165) is 0 Å². The fourth-order valence-corrected chi connectivity index (χ4v) is 8.96. The minimum Gasteiger partial charge on any atom is -0.508 e. The Kier molecular flexibility index (Phi) is 30.4. The predicted octanol–water partition coefficient (Wildman–Crippen LogP) is -1.56. The maximum atomic E-state index is 14.2. The monoisotopic (exact) mass is 1140 g/mol. The smallest absolute Gasteiger partial charge is 0.326 e. The number of carboxylic acids is 1. The van der Waals surface area contributed by atoms with Gasteiger partial charge in [-0.15, -0.1) is 0 Å². The lowest BCUT2D eigenvalue weighted by Gasteiger charge is -2.32. The van der Waals surface area contributed by atoms with Crippen molar-refractivity contribution in [1.29, 1.82) is 0 Å². The number of phenols is 1. The Hall–Kier alpha value is -6.09. The molecule has 1 aliphatic heterocycles. The number of nitrogens with one attached hydrogen (secondary N) is 8. The molecular formula is C53H89N11O14S. The number of carbonyl (C=O) groups is 10. The number of carbonyl (C=O) groups excluding carboxylic acids is 9. The van der Waals surface area contributed by atoms with Gasteiger partial charge in [0.05, 0.1) is 19.3 Å². The van der Waals surface area contributed by atoms with Crippen LogP contribution in [0.2, 0.25) is 0 Å². The first-order valence-corrected chi connectivity index (χ1v) is 28.0. The molecule has 13 atom stereocenters. The number of carboxylic acid groups (broad SMARTS) is 1. The molecule has 9 amide bonds. The van der Waals surface area contributed by atoms with Gasteiger partial charge in [0.2, 0.25) is 53.2 Å². The largest absolute Gasteiger partial charge is 0.508 e. The van der Waals surface area contributed by atoms with Crippen molar-refractivity contribution in [3.05, 3.63) is 29.8 Å². The molecule has 26 heteroatoms. The number of phenolic OH excluding ortho intramolecular Hbond substituents is 1. The Bertz CT molecular complexity index is 2190. The van der Waals surface area contributed by atoms with Gasteiger partial charge >= 0.3 is 5.97 Å². The molecule has 1 heterocycles. The number of likely N-dealkylation sites (tertiary alicyclic amines) is 1. The summed E-state index contributed by atoms with van der Waals surface area (Å²) in [6.45, 7) is 12.4. The van der Waals surface area contributed by atoms with Crippen molar-refractivity contribution in [2.24, 2.45) is 35.1 Å². The molecule has 0 aliphatic carbocycles. The summed E-state index contributed by atoms with van der Waals surface area (Å²) in [5.74, 6) is -10.4. The minimum atomic E-state index is -1.75. The molecule has 79 heavy (non-hydrogen) atoms. The summed E-state index contributed by atoms with van der Waals surface area (Å²) in [4.78, 5) is 137. The van der Waals surface area contributed by atoms with Crippen molar-refractivity contribution < 1.29 is 68.4 Å². The quantitative estimate of drug-likeness (QED) is 0.0270. The summed E-state index contributed by atoms with van der Waals surface area (Å²) in [7, 11) is 0. The summed E-state index contributed by atoms with van der Waals surface area (Å²) >= 11 is 4.23. The van der Waals surface area contributed by atoms with E-state index in [0.29, 0.717) is 50.6 Å². The van der Waals surface area contributed by atoms with Crippen molar-refractivity contribution in [3.8, 4) is 5.75 Å². The van der Waals surface area contributed by atoms with Crippen molar-refractivity contribution in [3.63, 3.8) is 0 Å². The second-order valence-electron chi connectivity index (χ2n) is 20.9. The van der Waals surface area contributed by atoms with E-state index in [4.69, 9.17) is 11.5 Å². The zero-order valence-electron chi connectivity index (χ0n) is 46.9. The van der Waals surface area contributed by atoms with Crippen LogP contribution in [0, 0.1) is 23.7 Å². The molecule has 2 rings (SSSR count). The molecule has 0 aromatic heterocycles. The van der Waals surface area contributed by atoms with Crippen LogP contribution in [0.25, 0.3) is 0 Å². The molecule has 1 fully saturated rings. The lowest BCUT2D eigenvalue weighted by molar-refractivity contribution is -0.146. The van der Waals surface area contributed by atoms with Gasteiger partial charge in [-0.25, -0.2) is 4.79 Å². The number of rotatable bonds is 35. The first kappa shape index (κ1) is 69.0. The lowest BCUT2D eigenvalue weighted by atomic mass is 9.96. The maximum Gasteiger partial charge on any atom is 0.326 e. The molecule has 16 N–H and O–H groups in total. The number of hydrogen-bond acceptors (Lipinski definition) is 16. The van der Waals surface area contributed by atoms with Crippen LogP contribution in [-0.4, -0.2) is 177 Å². The van der Waals surface area contributed by atoms with Crippen LogP contribution in [-0.2, 0) is 54.4 Å². The van der Waals surface area contributed by atoms with E-state index in [9.17, 15) is 68.4 Å². The van der Waals surface area contributed by atoms with Crippen LogP contribution in [0.5, 0.6) is 5.75 Å². The molecule has 0 spiro atoms. The Balaban J connectivity index is 2.22. The van der Waals surface area contributed by atoms with E-state index in [1.165, 1.54) is 17.0 Å². The highest BCUT2D eigenvalue weighted by Gasteiger charge is 2.41. The molecular weight excluding hydrogens is 1050 g/mol. The van der Waals surface area contributed by atoms with Crippen LogP contribution in [0.15, 0.2) is 24.3 Å². The maximum absolute atomic E-state index is 14.2. The van der Waals surface area contributed by atoms with E-state index < -0.39 is 151 Å². The van der Waals surface area contributed by atoms with E-state index in [1.54, 1.807) is 53.7 Å². The SMILES string of the molecule is CC[C@H](C)[C@H](NC(=O)[C@@H]1CCCN1C(=O)[C@H](CCCCN)NC(=O)[C@@H](NC(=O)[C@H](CS)NC(=O)[C@H](CO)NC(=O)[C@H](CO)NC(=O)[C@@H](NC(=O)[C@H](CC(C)C)NC(=O)[C@@H](N)Cc1ccc(O)cc1)[C@@H](C)CC)[C@@H](C)CC)C(=O)O. The Labute approximate surface area is 468 Å². The van der Waals surface area contributed by atoms with E-state index in [-0.39, 0.29) is 49.6 Å². The van der Waals surface area contributed by atoms with Gasteiger partial charge in [-0.1, -0.05) is 86.8 Å². The van der Waals surface area contributed by atoms with Gasteiger partial charge in [0.1, 0.15) is 60.1 Å². The van der Waals surface area contributed by atoms with Gasteiger partial charge < -0.3 is 79.3 Å². The summed E-state index contributed by atoms with van der Waals surface area (Å²) in [6.07, 6.45) is 3.21. The average Bonchev–Trinajstić information content (AvgIpc) is 3.94. The van der Waals surface area contributed by atoms with Crippen molar-refractivity contribution in [2.45, 2.75) is 180 Å². The fraction of sp³-hybridized carbons (Fsp3) is 0.698. The number of aromatic hydroxyl groups is 1. The third kappa shape index (κ3) is 21.8. The normalized spacial score (nSPS) is 17.8. The molecule has 1 aliphatic rings. The second-order valence-corrected chi connectivity index (χ2v) is 21.3. The van der Waals surface area contributed by atoms with Crippen LogP contribution in [0.4, 0.5) is 0 Å². The third-order valence-electron chi connectivity index (χ3n) is 14.3. The first-order chi connectivity index (χ1) is 37.3. The molecule has 0 radical (unpaired) electrons. The summed E-state index contributed by atoms with van der Waals surface area (Å²) in [5, 5.41) is 60.3. The van der Waals surface area contributed by atoms with Crippen molar-refractivity contribution >= 4 is 71.8 Å². The molecule has 25 nitrogen and oxygen atoms in total. The number of hydrogen-bond donors (Lipinski definition) is 15. The van der Waals surface area contributed by atoms with Crippen LogP contribution >= 0.6 is 12.6 Å². The predicted molar refractivity (Wildman–Crippen MR) is 296 cm³/mol. The van der Waals surface area contributed by atoms with Gasteiger partial charge in [-0.2, -0.15) is 12.6 Å². The first-order valence-electron chi connectivity index (χ1n) is 27.3. The third-order valence-corrected chi connectivity index (χ3v) is 14.6. The fourth-order valence-electron chi connectivity index (χ4n) is 8.71. The van der Waals surface area contributed by atoms with E-state index in [2.05, 4.69) is 55.2 Å². The van der Waals surface area contributed by atoms with E-state index >= 15 is 0 Å². The number of benzene rings is 1. The van der Waals surface area contributed by atoms with Gasteiger partial charge in [-0.3, -0.25) is 43.2 Å². The topological polar surface area (TPSA) is 403 Å². The van der Waals surface area contributed by atoms with Gasteiger partial charge in [0, 0.05) is 12.3 Å². The molecule has 1 aromatic carbocycles. The highest BCUT2D eigenvalue weighted by Crippen LogP contribution is 2.22.